The normalized spacial score (nSPS) is 16.0. The Bertz CT molecular complexity index is 797. The second-order valence-corrected chi connectivity index (χ2v) is 7.92. The molecular formula is C22H33N5O2. The highest BCUT2D eigenvalue weighted by atomic mass is 16.5. The maximum atomic E-state index is 12.4. The summed E-state index contributed by atoms with van der Waals surface area (Å²) in [7, 11) is 0. The van der Waals surface area contributed by atoms with Crippen molar-refractivity contribution in [2.24, 2.45) is 5.92 Å². The summed E-state index contributed by atoms with van der Waals surface area (Å²) < 4.78 is 7.38. The molecule has 1 aliphatic heterocycles. The molecule has 2 N–H and O–H groups in total. The van der Waals surface area contributed by atoms with Gasteiger partial charge in [-0.25, -0.2) is 9.48 Å². The van der Waals surface area contributed by atoms with Crippen LogP contribution in [0.25, 0.3) is 5.69 Å². The summed E-state index contributed by atoms with van der Waals surface area (Å²) in [6.45, 7) is 12.9. The number of amides is 2. The molecule has 1 atom stereocenters. The van der Waals surface area contributed by atoms with E-state index < -0.39 is 0 Å². The van der Waals surface area contributed by atoms with Crippen LogP contribution in [-0.4, -0.2) is 59.6 Å². The lowest BCUT2D eigenvalue weighted by molar-refractivity contribution is 0.00719. The van der Waals surface area contributed by atoms with Crippen LogP contribution in [-0.2, 0) is 11.3 Å². The number of morpholine rings is 1. The molecule has 0 unspecified atom stereocenters. The fourth-order valence-corrected chi connectivity index (χ4v) is 3.88. The van der Waals surface area contributed by atoms with Crippen LogP contribution in [0.5, 0.6) is 0 Å². The smallest absolute Gasteiger partial charge is 0.315 e. The van der Waals surface area contributed by atoms with Gasteiger partial charge in [0.05, 0.1) is 24.6 Å². The first-order valence-electron chi connectivity index (χ1n) is 10.4. The summed E-state index contributed by atoms with van der Waals surface area (Å²) in [5.41, 5.74) is 4.05. The summed E-state index contributed by atoms with van der Waals surface area (Å²) >= 11 is 0. The molecule has 0 spiro atoms. The molecule has 0 bridgehead atoms. The Hall–Kier alpha value is -2.38. The van der Waals surface area contributed by atoms with Gasteiger partial charge < -0.3 is 15.4 Å². The zero-order chi connectivity index (χ0) is 20.8. The van der Waals surface area contributed by atoms with Crippen LogP contribution in [0.3, 0.4) is 0 Å². The largest absolute Gasteiger partial charge is 0.379 e. The van der Waals surface area contributed by atoms with E-state index in [0.29, 0.717) is 25.0 Å². The van der Waals surface area contributed by atoms with E-state index in [1.165, 1.54) is 0 Å². The molecule has 1 aromatic carbocycles. The fraction of sp³-hybridized carbons (Fsp3) is 0.545. The van der Waals surface area contributed by atoms with Gasteiger partial charge in [-0.2, -0.15) is 5.10 Å². The molecule has 0 aliphatic carbocycles. The highest BCUT2D eigenvalue weighted by molar-refractivity contribution is 5.73. The van der Waals surface area contributed by atoms with E-state index in [2.05, 4.69) is 34.5 Å². The summed E-state index contributed by atoms with van der Waals surface area (Å²) in [6, 6.07) is 10.2. The first-order chi connectivity index (χ1) is 14.0. The lowest BCUT2D eigenvalue weighted by Crippen LogP contribution is -2.52. The average molecular weight is 400 g/mol. The molecule has 1 fully saturated rings. The predicted molar refractivity (Wildman–Crippen MR) is 114 cm³/mol. The summed E-state index contributed by atoms with van der Waals surface area (Å²) in [5.74, 6) is 0.460. The SMILES string of the molecule is Cc1nn(-c2ccccc2)c(C)c1CNC(=O)NC[C@@H](C(C)C)N1CCOCC1. The van der Waals surface area contributed by atoms with Gasteiger partial charge in [0.15, 0.2) is 0 Å². The third kappa shape index (κ3) is 5.36. The lowest BCUT2D eigenvalue weighted by Gasteiger charge is -2.36. The molecule has 0 radical (unpaired) electrons. The van der Waals surface area contributed by atoms with Gasteiger partial charge in [0.1, 0.15) is 0 Å². The first-order valence-corrected chi connectivity index (χ1v) is 10.4. The monoisotopic (exact) mass is 399 g/mol. The third-order valence-electron chi connectivity index (χ3n) is 5.62. The number of aromatic nitrogens is 2. The minimum Gasteiger partial charge on any atom is -0.379 e. The van der Waals surface area contributed by atoms with Crippen molar-refractivity contribution in [1.29, 1.82) is 0 Å². The molecule has 1 saturated heterocycles. The van der Waals surface area contributed by atoms with Gasteiger partial charge in [0, 0.05) is 43.5 Å². The van der Waals surface area contributed by atoms with Crippen molar-refractivity contribution in [3.8, 4) is 5.69 Å². The number of carbonyl (C=O) groups is 1. The van der Waals surface area contributed by atoms with Crippen LogP contribution < -0.4 is 10.6 Å². The molecule has 7 nitrogen and oxygen atoms in total. The molecule has 3 rings (SSSR count). The molecule has 1 aromatic heterocycles. The molecule has 2 heterocycles. The molecule has 1 aliphatic rings. The van der Waals surface area contributed by atoms with Crippen LogP contribution >= 0.6 is 0 Å². The number of benzene rings is 1. The van der Waals surface area contributed by atoms with E-state index in [1.807, 2.05) is 48.9 Å². The topological polar surface area (TPSA) is 71.4 Å². The number of ether oxygens (including phenoxy) is 1. The Morgan fingerprint density at radius 1 is 1.14 bits per heavy atom. The standard InChI is InChI=1S/C22H33N5O2/c1-16(2)21(26-10-12-29-13-11-26)15-24-22(28)23-14-20-17(3)25-27(18(20)4)19-8-6-5-7-9-19/h5-9,16,21H,10-15H2,1-4H3,(H2,23,24,28)/t21-/m0/s1. The number of para-hydroxylation sites is 1. The van der Waals surface area contributed by atoms with Crippen molar-refractivity contribution >= 4 is 6.03 Å². The van der Waals surface area contributed by atoms with Crippen molar-refractivity contribution in [3.05, 3.63) is 47.3 Å². The zero-order valence-electron chi connectivity index (χ0n) is 17.9. The van der Waals surface area contributed by atoms with Gasteiger partial charge in [0.25, 0.3) is 0 Å². The molecular weight excluding hydrogens is 366 g/mol. The molecule has 2 amide bonds. The van der Waals surface area contributed by atoms with Gasteiger partial charge in [-0.1, -0.05) is 32.0 Å². The molecule has 158 valence electrons. The van der Waals surface area contributed by atoms with Crippen molar-refractivity contribution in [2.75, 3.05) is 32.8 Å². The van der Waals surface area contributed by atoms with Gasteiger partial charge in [-0.3, -0.25) is 4.90 Å². The highest BCUT2D eigenvalue weighted by Crippen LogP contribution is 2.17. The van der Waals surface area contributed by atoms with Crippen LogP contribution in [0.4, 0.5) is 4.79 Å². The minimum atomic E-state index is -0.143. The fourth-order valence-electron chi connectivity index (χ4n) is 3.88. The van der Waals surface area contributed by atoms with Crippen LogP contribution in [0.15, 0.2) is 30.3 Å². The van der Waals surface area contributed by atoms with Crippen molar-refractivity contribution in [2.45, 2.75) is 40.3 Å². The number of nitrogens with one attached hydrogen (secondary N) is 2. The molecule has 2 aromatic rings. The number of nitrogens with zero attached hydrogens (tertiary/aromatic N) is 3. The van der Waals surface area contributed by atoms with E-state index >= 15 is 0 Å². The average Bonchev–Trinajstić information content (AvgIpc) is 3.01. The van der Waals surface area contributed by atoms with Gasteiger partial charge >= 0.3 is 6.03 Å². The van der Waals surface area contributed by atoms with E-state index in [-0.39, 0.29) is 6.03 Å². The second-order valence-electron chi connectivity index (χ2n) is 7.92. The molecule has 29 heavy (non-hydrogen) atoms. The second kappa shape index (κ2) is 9.89. The minimum absolute atomic E-state index is 0.143. The van der Waals surface area contributed by atoms with E-state index in [1.54, 1.807) is 0 Å². The Kier molecular flexibility index (Phi) is 7.28. The number of aryl methyl sites for hydroxylation is 1. The Labute approximate surface area is 173 Å². The van der Waals surface area contributed by atoms with Crippen molar-refractivity contribution < 1.29 is 9.53 Å². The Morgan fingerprint density at radius 3 is 2.48 bits per heavy atom. The van der Waals surface area contributed by atoms with E-state index in [9.17, 15) is 4.79 Å². The van der Waals surface area contributed by atoms with E-state index in [4.69, 9.17) is 4.74 Å². The zero-order valence-corrected chi connectivity index (χ0v) is 17.9. The quantitative estimate of drug-likeness (QED) is 0.751. The Balaban J connectivity index is 1.56. The predicted octanol–water partition coefficient (Wildman–Crippen LogP) is 2.65. The summed E-state index contributed by atoms with van der Waals surface area (Å²) in [4.78, 5) is 14.8. The molecule has 0 saturated carbocycles. The van der Waals surface area contributed by atoms with Crippen molar-refractivity contribution in [1.82, 2.24) is 25.3 Å². The summed E-state index contributed by atoms with van der Waals surface area (Å²) in [5, 5.41) is 10.7. The number of hydrogen-bond acceptors (Lipinski definition) is 4. The maximum absolute atomic E-state index is 12.4. The Morgan fingerprint density at radius 2 is 1.83 bits per heavy atom. The number of carbonyl (C=O) groups excluding carboxylic acids is 1. The maximum Gasteiger partial charge on any atom is 0.315 e. The summed E-state index contributed by atoms with van der Waals surface area (Å²) in [6.07, 6.45) is 0. The number of hydrogen-bond donors (Lipinski definition) is 2. The van der Waals surface area contributed by atoms with Crippen molar-refractivity contribution in [3.63, 3.8) is 0 Å². The van der Waals surface area contributed by atoms with Crippen LogP contribution in [0.2, 0.25) is 0 Å². The van der Waals surface area contributed by atoms with Gasteiger partial charge in [-0.05, 0) is 31.9 Å². The van der Waals surface area contributed by atoms with E-state index in [0.717, 1.165) is 48.9 Å². The highest BCUT2D eigenvalue weighted by Gasteiger charge is 2.24. The van der Waals surface area contributed by atoms with Gasteiger partial charge in [0.2, 0.25) is 0 Å². The van der Waals surface area contributed by atoms with Crippen LogP contribution in [0, 0.1) is 19.8 Å². The number of rotatable bonds is 7. The first kappa shape index (κ1) is 21.3. The lowest BCUT2D eigenvalue weighted by atomic mass is 10.0. The number of urea groups is 1. The van der Waals surface area contributed by atoms with Crippen LogP contribution in [0.1, 0.15) is 30.8 Å². The molecule has 7 heteroatoms. The third-order valence-corrected chi connectivity index (χ3v) is 5.62. The van der Waals surface area contributed by atoms with Gasteiger partial charge in [-0.15, -0.1) is 0 Å².